The Bertz CT molecular complexity index is 885. The summed E-state index contributed by atoms with van der Waals surface area (Å²) in [7, 11) is 3.22. The monoisotopic (exact) mass is 430 g/mol. The van der Waals surface area contributed by atoms with Gasteiger partial charge in [-0.25, -0.2) is 4.90 Å². The molecule has 160 valence electrons. The largest absolute Gasteiger partial charge is 0.494 e. The van der Waals surface area contributed by atoms with Crippen LogP contribution in [0.2, 0.25) is 0 Å². The van der Waals surface area contributed by atoms with Gasteiger partial charge in [-0.05, 0) is 42.6 Å². The van der Waals surface area contributed by atoms with Crippen molar-refractivity contribution in [2.45, 2.75) is 6.92 Å². The van der Waals surface area contributed by atoms with E-state index in [9.17, 15) is 9.59 Å². The number of imide groups is 1. The first-order valence-electron chi connectivity index (χ1n) is 9.75. The van der Waals surface area contributed by atoms with Crippen LogP contribution in [0.3, 0.4) is 0 Å². The third-order valence-electron chi connectivity index (χ3n) is 4.68. The molecule has 0 radical (unpaired) electrons. The van der Waals surface area contributed by atoms with Crippen molar-refractivity contribution in [3.63, 3.8) is 0 Å². The zero-order valence-corrected chi connectivity index (χ0v) is 18.2. The molecule has 8 heteroatoms. The lowest BCUT2D eigenvalue weighted by Gasteiger charge is -2.25. The van der Waals surface area contributed by atoms with Gasteiger partial charge in [0.25, 0.3) is 11.8 Å². The van der Waals surface area contributed by atoms with Crippen molar-refractivity contribution >= 4 is 34.4 Å². The van der Waals surface area contributed by atoms with Crippen LogP contribution in [-0.4, -0.2) is 63.8 Å². The SMILES string of the molecule is CCOc1ccc(N2C(=O)C(c3cccs3)=C(N(CCOC)CCOC)C2=O)cc1. The van der Waals surface area contributed by atoms with E-state index in [1.807, 2.05) is 29.3 Å². The van der Waals surface area contributed by atoms with E-state index in [1.165, 1.54) is 16.2 Å². The minimum absolute atomic E-state index is 0.332. The summed E-state index contributed by atoms with van der Waals surface area (Å²) in [5, 5.41) is 1.89. The van der Waals surface area contributed by atoms with Crippen LogP contribution in [-0.2, 0) is 19.1 Å². The Labute approximate surface area is 180 Å². The summed E-state index contributed by atoms with van der Waals surface area (Å²) in [6.07, 6.45) is 0. The van der Waals surface area contributed by atoms with Gasteiger partial charge in [-0.2, -0.15) is 0 Å². The van der Waals surface area contributed by atoms with Crippen LogP contribution in [0, 0.1) is 0 Å². The molecule has 1 aromatic heterocycles. The number of methoxy groups -OCH3 is 2. The van der Waals surface area contributed by atoms with Gasteiger partial charge >= 0.3 is 0 Å². The summed E-state index contributed by atoms with van der Waals surface area (Å²) in [6.45, 7) is 4.24. The normalized spacial score (nSPS) is 14.0. The van der Waals surface area contributed by atoms with E-state index < -0.39 is 0 Å². The average molecular weight is 431 g/mol. The molecule has 0 unspecified atom stereocenters. The number of carbonyl (C=O) groups excluding carboxylic acids is 2. The molecule has 0 N–H and O–H groups in total. The van der Waals surface area contributed by atoms with Crippen LogP contribution in [0.15, 0.2) is 47.5 Å². The molecule has 3 rings (SSSR count). The van der Waals surface area contributed by atoms with Gasteiger partial charge in [0.05, 0.1) is 31.1 Å². The Morgan fingerprint density at radius 3 is 2.17 bits per heavy atom. The van der Waals surface area contributed by atoms with Gasteiger partial charge in [0.1, 0.15) is 11.4 Å². The predicted molar refractivity (Wildman–Crippen MR) is 117 cm³/mol. The van der Waals surface area contributed by atoms with Gasteiger partial charge in [0.15, 0.2) is 0 Å². The minimum Gasteiger partial charge on any atom is -0.494 e. The first-order valence-corrected chi connectivity index (χ1v) is 10.6. The molecule has 1 aliphatic rings. The maximum atomic E-state index is 13.5. The van der Waals surface area contributed by atoms with Crippen molar-refractivity contribution in [1.82, 2.24) is 4.90 Å². The molecule has 0 spiro atoms. The molecule has 2 heterocycles. The maximum absolute atomic E-state index is 13.5. The van der Waals surface area contributed by atoms with E-state index in [2.05, 4.69) is 0 Å². The number of hydrogen-bond donors (Lipinski definition) is 0. The molecule has 0 saturated heterocycles. The predicted octanol–water partition coefficient (Wildman–Crippen LogP) is 3.03. The lowest BCUT2D eigenvalue weighted by molar-refractivity contribution is -0.120. The van der Waals surface area contributed by atoms with Crippen LogP contribution < -0.4 is 9.64 Å². The highest BCUT2D eigenvalue weighted by Crippen LogP contribution is 2.36. The van der Waals surface area contributed by atoms with Crippen LogP contribution in [0.5, 0.6) is 5.75 Å². The van der Waals surface area contributed by atoms with E-state index in [0.29, 0.717) is 55.6 Å². The number of anilines is 1. The molecule has 2 amide bonds. The van der Waals surface area contributed by atoms with Crippen LogP contribution >= 0.6 is 11.3 Å². The lowest BCUT2D eigenvalue weighted by atomic mass is 10.1. The molecule has 1 aliphatic heterocycles. The highest BCUT2D eigenvalue weighted by Gasteiger charge is 2.42. The fraction of sp³-hybridized carbons (Fsp3) is 0.364. The second kappa shape index (κ2) is 10.4. The lowest BCUT2D eigenvalue weighted by Crippen LogP contribution is -2.37. The second-order valence-electron chi connectivity index (χ2n) is 6.55. The van der Waals surface area contributed by atoms with Crippen molar-refractivity contribution in [1.29, 1.82) is 0 Å². The van der Waals surface area contributed by atoms with Gasteiger partial charge in [0, 0.05) is 32.2 Å². The van der Waals surface area contributed by atoms with Crippen molar-refractivity contribution in [3.8, 4) is 5.75 Å². The van der Waals surface area contributed by atoms with Crippen molar-refractivity contribution in [2.75, 3.05) is 52.0 Å². The first-order chi connectivity index (χ1) is 14.6. The molecule has 1 aromatic carbocycles. The van der Waals surface area contributed by atoms with E-state index in [4.69, 9.17) is 14.2 Å². The van der Waals surface area contributed by atoms with Gasteiger partial charge in [-0.3, -0.25) is 9.59 Å². The van der Waals surface area contributed by atoms with Crippen molar-refractivity contribution in [3.05, 3.63) is 52.4 Å². The molecule has 30 heavy (non-hydrogen) atoms. The summed E-state index contributed by atoms with van der Waals surface area (Å²) < 4.78 is 15.9. The summed E-state index contributed by atoms with van der Waals surface area (Å²) in [6, 6.07) is 10.7. The van der Waals surface area contributed by atoms with Gasteiger partial charge in [-0.1, -0.05) is 6.07 Å². The molecular weight excluding hydrogens is 404 g/mol. The topological polar surface area (TPSA) is 68.3 Å². The number of nitrogens with zero attached hydrogens (tertiary/aromatic N) is 2. The zero-order valence-electron chi connectivity index (χ0n) is 17.4. The number of rotatable bonds is 11. The van der Waals surface area contributed by atoms with Crippen LogP contribution in [0.4, 0.5) is 5.69 Å². The number of thiophene rings is 1. The molecule has 0 fully saturated rings. The zero-order chi connectivity index (χ0) is 21.5. The molecule has 2 aromatic rings. The Balaban J connectivity index is 2.01. The third-order valence-corrected chi connectivity index (χ3v) is 5.57. The summed E-state index contributed by atoms with van der Waals surface area (Å²) in [5.41, 5.74) is 1.30. The summed E-state index contributed by atoms with van der Waals surface area (Å²) in [4.78, 5) is 30.8. The van der Waals surface area contributed by atoms with Crippen molar-refractivity contribution in [2.24, 2.45) is 0 Å². The molecule has 0 saturated carbocycles. The smallest absolute Gasteiger partial charge is 0.282 e. The van der Waals surface area contributed by atoms with Crippen LogP contribution in [0.25, 0.3) is 5.57 Å². The van der Waals surface area contributed by atoms with Crippen LogP contribution in [0.1, 0.15) is 11.8 Å². The Morgan fingerprint density at radius 1 is 0.967 bits per heavy atom. The van der Waals surface area contributed by atoms with Gasteiger partial charge in [-0.15, -0.1) is 11.3 Å². The van der Waals surface area contributed by atoms with E-state index in [0.717, 1.165) is 4.88 Å². The van der Waals surface area contributed by atoms with Gasteiger partial charge in [0.2, 0.25) is 0 Å². The van der Waals surface area contributed by atoms with E-state index >= 15 is 0 Å². The minimum atomic E-state index is -0.347. The number of ether oxygens (including phenoxy) is 3. The first kappa shape index (κ1) is 22.0. The quantitative estimate of drug-likeness (QED) is 0.511. The second-order valence-corrected chi connectivity index (χ2v) is 7.49. The van der Waals surface area contributed by atoms with Crippen molar-refractivity contribution < 1.29 is 23.8 Å². The maximum Gasteiger partial charge on any atom is 0.282 e. The summed E-state index contributed by atoms with van der Waals surface area (Å²) >= 11 is 1.43. The average Bonchev–Trinajstić information content (AvgIpc) is 3.36. The number of amides is 2. The Kier molecular flexibility index (Phi) is 7.62. The summed E-state index contributed by atoms with van der Waals surface area (Å²) in [5.74, 6) is 0.00929. The molecule has 7 nitrogen and oxygen atoms in total. The number of benzene rings is 1. The van der Waals surface area contributed by atoms with E-state index in [-0.39, 0.29) is 11.8 Å². The Morgan fingerprint density at radius 2 is 1.63 bits per heavy atom. The molecule has 0 aliphatic carbocycles. The Hall–Kier alpha value is -2.68. The molecule has 0 bridgehead atoms. The number of hydrogen-bond acceptors (Lipinski definition) is 7. The highest BCUT2D eigenvalue weighted by molar-refractivity contribution is 7.11. The highest BCUT2D eigenvalue weighted by atomic mass is 32.1. The fourth-order valence-electron chi connectivity index (χ4n) is 3.29. The molecular formula is C22H26N2O5S. The standard InChI is InChI=1S/C22H26N2O5S/c1-4-29-17-9-7-16(8-10-17)24-21(25)19(18-6-5-15-30-18)20(22(24)26)23(11-13-27-2)12-14-28-3/h5-10,15H,4,11-14H2,1-3H3. The molecule has 0 atom stereocenters. The third kappa shape index (κ3) is 4.56. The van der Waals surface area contributed by atoms with Gasteiger partial charge < -0.3 is 19.1 Å². The van der Waals surface area contributed by atoms with E-state index in [1.54, 1.807) is 38.5 Å². The fourth-order valence-corrected chi connectivity index (χ4v) is 4.05. The number of carbonyl (C=O) groups is 2.